The number of aryl methyl sites for hydroxylation is 3. The molecule has 0 saturated heterocycles. The summed E-state index contributed by atoms with van der Waals surface area (Å²) < 4.78 is 0. The second kappa shape index (κ2) is 23.5. The summed E-state index contributed by atoms with van der Waals surface area (Å²) in [5, 5.41) is 9.37. The molecule has 2 N–H and O–H groups in total. The molecule has 1 amide bonds. The standard InChI is InChI=1S/C16H27N3O.C8H8O.C7H12N2S.C7H8/c1-13(2)15-8-14(9-16(10-15)19(3)4)11-17-6-5-7-18-12-20;1-7-3-2-4-8(5-7)6-9;1-6-5-10-7(8-6)4-9(2)3;1-7-5-3-2-4-6-7/h8-10,12-13,17H,5-7,11H2,1-4H3,(H,18,20);2-6H,1H3;5H,4H2,1-3H3;2-6H,1H3. The van der Waals surface area contributed by atoms with Gasteiger partial charge in [-0.15, -0.1) is 11.3 Å². The van der Waals surface area contributed by atoms with Crippen molar-refractivity contribution in [2.75, 3.05) is 46.2 Å². The van der Waals surface area contributed by atoms with Gasteiger partial charge in [-0.2, -0.15) is 0 Å². The van der Waals surface area contributed by atoms with Gasteiger partial charge in [-0.05, 0) is 83.1 Å². The topological polar surface area (TPSA) is 77.6 Å². The van der Waals surface area contributed by atoms with Crippen LogP contribution in [0.5, 0.6) is 0 Å². The first-order chi connectivity index (χ1) is 21.9. The Morgan fingerprint density at radius 3 is 2.02 bits per heavy atom. The van der Waals surface area contributed by atoms with Gasteiger partial charge in [0, 0.05) is 56.1 Å². The van der Waals surface area contributed by atoms with Crippen LogP contribution < -0.4 is 15.5 Å². The van der Waals surface area contributed by atoms with Gasteiger partial charge in [-0.25, -0.2) is 4.98 Å². The number of aromatic nitrogens is 1. The minimum atomic E-state index is 0.533. The predicted molar refractivity (Wildman–Crippen MR) is 197 cm³/mol. The van der Waals surface area contributed by atoms with Gasteiger partial charge in [0.1, 0.15) is 11.3 Å². The van der Waals surface area contributed by atoms with Crippen LogP contribution in [0.15, 0.2) is 78.2 Å². The van der Waals surface area contributed by atoms with Crippen LogP contribution in [0, 0.1) is 20.8 Å². The molecule has 0 aliphatic carbocycles. The van der Waals surface area contributed by atoms with E-state index in [1.807, 2.05) is 50.2 Å². The highest BCUT2D eigenvalue weighted by Crippen LogP contribution is 2.23. The third-order valence-corrected chi connectivity index (χ3v) is 7.46. The van der Waals surface area contributed by atoms with Crippen LogP contribution in [-0.2, 0) is 17.9 Å². The quantitative estimate of drug-likeness (QED) is 0.123. The summed E-state index contributed by atoms with van der Waals surface area (Å²) >= 11 is 1.73. The van der Waals surface area contributed by atoms with Crippen molar-refractivity contribution in [2.45, 2.75) is 60.0 Å². The maximum atomic E-state index is 10.2. The van der Waals surface area contributed by atoms with Crippen molar-refractivity contribution >= 4 is 29.7 Å². The van der Waals surface area contributed by atoms with Crippen molar-refractivity contribution < 1.29 is 9.59 Å². The molecule has 0 atom stereocenters. The van der Waals surface area contributed by atoms with Gasteiger partial charge in [0.05, 0.1) is 0 Å². The third kappa shape index (κ3) is 18.8. The molecule has 0 aliphatic rings. The van der Waals surface area contributed by atoms with E-state index in [0.717, 1.165) is 62.1 Å². The van der Waals surface area contributed by atoms with E-state index >= 15 is 0 Å². The minimum absolute atomic E-state index is 0.533. The van der Waals surface area contributed by atoms with Crippen LogP contribution in [0.4, 0.5) is 5.69 Å². The van der Waals surface area contributed by atoms with E-state index in [9.17, 15) is 9.59 Å². The molecule has 0 unspecified atom stereocenters. The number of amides is 1. The summed E-state index contributed by atoms with van der Waals surface area (Å²) in [6, 6.07) is 24.5. The van der Waals surface area contributed by atoms with Crippen LogP contribution in [0.25, 0.3) is 0 Å². The first-order valence-electron chi connectivity index (χ1n) is 15.7. The Kier molecular flexibility index (Phi) is 20.5. The Hall–Kier alpha value is -3.85. The summed E-state index contributed by atoms with van der Waals surface area (Å²) in [4.78, 5) is 28.9. The van der Waals surface area contributed by atoms with Gasteiger partial charge in [-0.3, -0.25) is 9.59 Å². The number of anilines is 1. The minimum Gasteiger partial charge on any atom is -0.378 e. The Balaban J connectivity index is 0.000000338. The molecule has 0 saturated carbocycles. The molecular formula is C38H55N5O2S. The third-order valence-electron chi connectivity index (χ3n) is 6.51. The molecule has 0 radical (unpaired) electrons. The van der Waals surface area contributed by atoms with Crippen molar-refractivity contribution in [2.24, 2.45) is 0 Å². The van der Waals surface area contributed by atoms with E-state index in [2.05, 4.69) is 110 Å². The first kappa shape index (κ1) is 40.2. The lowest BCUT2D eigenvalue weighted by Crippen LogP contribution is -2.21. The Morgan fingerprint density at radius 2 is 1.54 bits per heavy atom. The average Bonchev–Trinajstić information content (AvgIpc) is 3.43. The van der Waals surface area contributed by atoms with Crippen LogP contribution in [0.3, 0.4) is 0 Å². The molecule has 0 spiro atoms. The lowest BCUT2D eigenvalue weighted by molar-refractivity contribution is -0.109. The smallest absolute Gasteiger partial charge is 0.207 e. The number of nitrogens with zero attached hydrogens (tertiary/aromatic N) is 3. The molecule has 0 fully saturated rings. The summed E-state index contributed by atoms with van der Waals surface area (Å²) in [5.74, 6) is 0.533. The number of rotatable bonds is 12. The normalized spacial score (nSPS) is 10.1. The summed E-state index contributed by atoms with van der Waals surface area (Å²) in [5.41, 5.74) is 8.24. The van der Waals surface area contributed by atoms with Gasteiger partial charge < -0.3 is 20.4 Å². The van der Waals surface area contributed by atoms with Crippen molar-refractivity contribution in [1.82, 2.24) is 20.5 Å². The molecule has 4 aromatic rings. The summed E-state index contributed by atoms with van der Waals surface area (Å²) in [7, 11) is 8.25. The number of benzene rings is 3. The highest BCUT2D eigenvalue weighted by molar-refractivity contribution is 7.09. The molecule has 7 nitrogen and oxygen atoms in total. The largest absolute Gasteiger partial charge is 0.378 e. The predicted octanol–water partition coefficient (Wildman–Crippen LogP) is 7.42. The Bertz CT molecular complexity index is 1360. The number of thiazole rings is 1. The van der Waals surface area contributed by atoms with Crippen LogP contribution in [0.2, 0.25) is 0 Å². The van der Waals surface area contributed by atoms with Crippen molar-refractivity contribution in [3.05, 3.63) is 117 Å². The van der Waals surface area contributed by atoms with Gasteiger partial charge in [-0.1, -0.05) is 79.6 Å². The van der Waals surface area contributed by atoms with Crippen LogP contribution in [-0.4, -0.2) is 63.9 Å². The van der Waals surface area contributed by atoms with Crippen molar-refractivity contribution in [3.8, 4) is 0 Å². The zero-order valence-electron chi connectivity index (χ0n) is 29.3. The Morgan fingerprint density at radius 1 is 0.848 bits per heavy atom. The average molecular weight is 646 g/mol. The number of carbonyl (C=O) groups excluding carboxylic acids is 2. The molecule has 3 aromatic carbocycles. The van der Waals surface area contributed by atoms with E-state index in [-0.39, 0.29) is 0 Å². The molecule has 1 aromatic heterocycles. The number of nitrogens with one attached hydrogen (secondary N) is 2. The van der Waals surface area contributed by atoms with E-state index in [1.165, 1.54) is 27.4 Å². The van der Waals surface area contributed by atoms with Gasteiger partial charge in [0.25, 0.3) is 0 Å². The molecule has 46 heavy (non-hydrogen) atoms. The van der Waals surface area contributed by atoms with Crippen molar-refractivity contribution in [1.29, 1.82) is 0 Å². The maximum absolute atomic E-state index is 10.2. The number of aldehydes is 1. The van der Waals surface area contributed by atoms with E-state index in [4.69, 9.17) is 0 Å². The SMILES string of the molecule is CC(C)c1cc(CNCCCNC=O)cc(N(C)C)c1.Cc1cccc(C=O)c1.Cc1ccccc1.Cc1csc(CN(C)C)n1. The van der Waals surface area contributed by atoms with Gasteiger partial charge >= 0.3 is 0 Å². The molecule has 4 rings (SSSR count). The Labute approximate surface area is 282 Å². The second-order valence-electron chi connectivity index (χ2n) is 11.9. The zero-order chi connectivity index (χ0) is 34.3. The second-order valence-corrected chi connectivity index (χ2v) is 12.8. The molecule has 1 heterocycles. The van der Waals surface area contributed by atoms with Crippen molar-refractivity contribution in [3.63, 3.8) is 0 Å². The van der Waals surface area contributed by atoms with Crippen LogP contribution >= 0.6 is 11.3 Å². The first-order valence-corrected chi connectivity index (χ1v) is 16.6. The molecule has 0 bridgehead atoms. The zero-order valence-corrected chi connectivity index (χ0v) is 30.2. The highest BCUT2D eigenvalue weighted by atomic mass is 32.1. The summed E-state index contributed by atoms with van der Waals surface area (Å²) in [6.45, 7) is 14.0. The lowest BCUT2D eigenvalue weighted by atomic mass is 9.99. The molecule has 8 heteroatoms. The number of carbonyl (C=O) groups is 2. The lowest BCUT2D eigenvalue weighted by Gasteiger charge is -2.18. The van der Waals surface area contributed by atoms with Crippen LogP contribution in [0.1, 0.15) is 69.5 Å². The van der Waals surface area contributed by atoms with E-state index < -0.39 is 0 Å². The number of hydrogen-bond donors (Lipinski definition) is 2. The monoisotopic (exact) mass is 645 g/mol. The van der Waals surface area contributed by atoms with Gasteiger partial charge in [0.15, 0.2) is 0 Å². The molecule has 0 aliphatic heterocycles. The fraction of sp³-hybridized carbons (Fsp3) is 0.395. The maximum Gasteiger partial charge on any atom is 0.207 e. The van der Waals surface area contributed by atoms with Gasteiger partial charge in [0.2, 0.25) is 6.41 Å². The number of hydrogen-bond acceptors (Lipinski definition) is 7. The summed E-state index contributed by atoms with van der Waals surface area (Å²) in [6.07, 6.45) is 2.55. The fourth-order valence-electron chi connectivity index (χ4n) is 4.02. The fourth-order valence-corrected chi connectivity index (χ4v) is 4.91. The molecule has 250 valence electrons. The van der Waals surface area contributed by atoms with E-state index in [0.29, 0.717) is 5.92 Å². The highest BCUT2D eigenvalue weighted by Gasteiger charge is 2.06. The molecular weight excluding hydrogens is 591 g/mol. The van der Waals surface area contributed by atoms with E-state index in [1.54, 1.807) is 17.4 Å².